The van der Waals surface area contributed by atoms with Gasteiger partial charge in [-0.15, -0.1) is 0 Å². The van der Waals surface area contributed by atoms with Gasteiger partial charge in [-0.2, -0.15) is 4.98 Å². The number of anilines is 1. The molecule has 4 atom stereocenters. The van der Waals surface area contributed by atoms with Crippen molar-refractivity contribution in [1.29, 1.82) is 0 Å². The van der Waals surface area contributed by atoms with Crippen LogP contribution < -0.4 is 19.5 Å². The summed E-state index contributed by atoms with van der Waals surface area (Å²) in [5.74, 6) is 2.62. The molecule has 38 heavy (non-hydrogen) atoms. The molecule has 202 valence electrons. The molecule has 2 aromatic carbocycles. The zero-order valence-electron chi connectivity index (χ0n) is 22.8. The van der Waals surface area contributed by atoms with Crippen LogP contribution >= 0.6 is 0 Å². The van der Waals surface area contributed by atoms with E-state index < -0.39 is 5.79 Å². The van der Waals surface area contributed by atoms with Crippen molar-refractivity contribution in [1.82, 2.24) is 9.97 Å². The summed E-state index contributed by atoms with van der Waals surface area (Å²) in [5.41, 5.74) is 3.09. The molecule has 0 spiro atoms. The zero-order valence-corrected chi connectivity index (χ0v) is 22.8. The van der Waals surface area contributed by atoms with Gasteiger partial charge in [0.05, 0.1) is 26.4 Å². The molecule has 1 saturated carbocycles. The molecule has 2 fully saturated rings. The first kappa shape index (κ1) is 26.3. The van der Waals surface area contributed by atoms with Gasteiger partial charge in [0, 0.05) is 24.2 Å². The summed E-state index contributed by atoms with van der Waals surface area (Å²) < 4.78 is 29.6. The van der Waals surface area contributed by atoms with Gasteiger partial charge in [-0.25, -0.2) is 4.98 Å². The SMILES string of the molecule is CC[C@H]1C[C@@H](c2cnc(NCc3ccc(OC)cc3)nc2OCc2ccc(OC)cc2)[C@@H]2OC(C)(C)O[C@H]12. The van der Waals surface area contributed by atoms with Crippen molar-refractivity contribution in [2.24, 2.45) is 5.92 Å². The van der Waals surface area contributed by atoms with Crippen LogP contribution in [0, 0.1) is 5.92 Å². The summed E-state index contributed by atoms with van der Waals surface area (Å²) >= 11 is 0. The fourth-order valence-corrected chi connectivity index (χ4v) is 5.42. The first-order chi connectivity index (χ1) is 18.4. The number of nitrogens with one attached hydrogen (secondary N) is 1. The van der Waals surface area contributed by atoms with Gasteiger partial charge < -0.3 is 29.0 Å². The zero-order chi connectivity index (χ0) is 26.7. The lowest BCUT2D eigenvalue weighted by atomic mass is 9.96. The molecule has 1 N–H and O–H groups in total. The van der Waals surface area contributed by atoms with Crippen LogP contribution in [0.2, 0.25) is 0 Å². The largest absolute Gasteiger partial charge is 0.497 e. The van der Waals surface area contributed by atoms with E-state index in [1.54, 1.807) is 14.2 Å². The van der Waals surface area contributed by atoms with Crippen molar-refractivity contribution < 1.29 is 23.7 Å². The number of rotatable bonds is 10. The minimum atomic E-state index is -0.605. The van der Waals surface area contributed by atoms with E-state index in [1.165, 1.54) is 0 Å². The molecule has 1 aromatic heterocycles. The lowest BCUT2D eigenvalue weighted by Gasteiger charge is -2.24. The van der Waals surface area contributed by atoms with Crippen molar-refractivity contribution in [3.63, 3.8) is 0 Å². The van der Waals surface area contributed by atoms with Gasteiger partial charge in [0.15, 0.2) is 5.79 Å². The molecule has 2 aliphatic rings. The van der Waals surface area contributed by atoms with E-state index in [9.17, 15) is 0 Å². The summed E-state index contributed by atoms with van der Waals surface area (Å²) in [6.07, 6.45) is 3.87. The van der Waals surface area contributed by atoms with Gasteiger partial charge in [0.25, 0.3) is 0 Å². The minimum Gasteiger partial charge on any atom is -0.497 e. The summed E-state index contributed by atoms with van der Waals surface area (Å²) in [7, 11) is 3.32. The molecular weight excluding hydrogens is 482 g/mol. The molecule has 8 nitrogen and oxygen atoms in total. The molecule has 8 heteroatoms. The first-order valence-corrected chi connectivity index (χ1v) is 13.2. The van der Waals surface area contributed by atoms with E-state index in [4.69, 9.17) is 28.7 Å². The number of ether oxygens (including phenoxy) is 5. The van der Waals surface area contributed by atoms with Crippen LogP contribution in [0.3, 0.4) is 0 Å². The van der Waals surface area contributed by atoms with Crippen LogP contribution in [-0.4, -0.2) is 42.2 Å². The second-order valence-corrected chi connectivity index (χ2v) is 10.4. The maximum atomic E-state index is 6.40. The van der Waals surface area contributed by atoms with Crippen LogP contribution in [-0.2, 0) is 22.6 Å². The van der Waals surface area contributed by atoms with E-state index in [0.717, 1.165) is 41.0 Å². The highest BCUT2D eigenvalue weighted by molar-refractivity contribution is 5.39. The highest BCUT2D eigenvalue weighted by Gasteiger charge is 2.54. The van der Waals surface area contributed by atoms with Crippen LogP contribution in [0.1, 0.15) is 56.2 Å². The molecule has 0 radical (unpaired) electrons. The number of hydrogen-bond donors (Lipinski definition) is 1. The highest BCUT2D eigenvalue weighted by Crippen LogP contribution is 2.51. The van der Waals surface area contributed by atoms with E-state index in [0.29, 0.717) is 30.9 Å². The topological polar surface area (TPSA) is 84.0 Å². The minimum absolute atomic E-state index is 0.0556. The van der Waals surface area contributed by atoms with Crippen LogP contribution in [0.15, 0.2) is 54.7 Å². The molecule has 1 aliphatic carbocycles. The number of nitrogens with zero attached hydrogens (tertiary/aromatic N) is 2. The number of methoxy groups -OCH3 is 2. The monoisotopic (exact) mass is 519 g/mol. The Balaban J connectivity index is 1.39. The van der Waals surface area contributed by atoms with Crippen molar-refractivity contribution in [2.45, 2.75) is 70.7 Å². The highest BCUT2D eigenvalue weighted by atomic mass is 16.8. The molecule has 0 amide bonds. The molecule has 3 aromatic rings. The van der Waals surface area contributed by atoms with E-state index in [1.807, 2.05) is 68.6 Å². The smallest absolute Gasteiger partial charge is 0.226 e. The van der Waals surface area contributed by atoms with Crippen molar-refractivity contribution in [3.8, 4) is 17.4 Å². The predicted molar refractivity (Wildman–Crippen MR) is 145 cm³/mol. The van der Waals surface area contributed by atoms with Gasteiger partial charge >= 0.3 is 0 Å². The number of benzene rings is 2. The Morgan fingerprint density at radius 3 is 2.18 bits per heavy atom. The second-order valence-electron chi connectivity index (χ2n) is 10.4. The van der Waals surface area contributed by atoms with E-state index in [2.05, 4.69) is 17.2 Å². The number of fused-ring (bicyclic) bond motifs is 1. The molecule has 5 rings (SSSR count). The standard InChI is InChI=1S/C30H37N3O5/c1-6-21-15-24(27-26(21)37-30(2,3)38-27)25-17-32-29(31-16-19-7-11-22(34-4)12-8-19)33-28(25)36-18-20-9-13-23(35-5)14-10-20/h7-14,17,21,24,26-27H,6,15-16,18H2,1-5H3,(H,31,32,33)/t21-,24-,26+,27-/m0/s1. The molecule has 2 heterocycles. The van der Waals surface area contributed by atoms with E-state index >= 15 is 0 Å². The average molecular weight is 520 g/mol. The normalized spacial score (nSPS) is 23.6. The quantitative estimate of drug-likeness (QED) is 0.364. The number of hydrogen-bond acceptors (Lipinski definition) is 8. The lowest BCUT2D eigenvalue weighted by Crippen LogP contribution is -2.25. The Morgan fingerprint density at radius 1 is 0.921 bits per heavy atom. The molecular formula is C30H37N3O5. The summed E-state index contributed by atoms with van der Waals surface area (Å²) in [6, 6.07) is 15.8. The fourth-order valence-electron chi connectivity index (χ4n) is 5.42. The van der Waals surface area contributed by atoms with E-state index in [-0.39, 0.29) is 18.1 Å². The van der Waals surface area contributed by atoms with Gasteiger partial charge in [0.2, 0.25) is 11.8 Å². The molecule has 1 saturated heterocycles. The van der Waals surface area contributed by atoms with Crippen LogP contribution in [0.4, 0.5) is 5.95 Å². The lowest BCUT2D eigenvalue weighted by molar-refractivity contribution is -0.158. The van der Waals surface area contributed by atoms with Crippen molar-refractivity contribution in [3.05, 3.63) is 71.4 Å². The van der Waals surface area contributed by atoms with Gasteiger partial charge in [-0.05, 0) is 61.6 Å². The summed E-state index contributed by atoms with van der Waals surface area (Å²) in [4.78, 5) is 9.50. The molecule has 0 unspecified atom stereocenters. The van der Waals surface area contributed by atoms with Crippen LogP contribution in [0.5, 0.6) is 17.4 Å². The summed E-state index contributed by atoms with van der Waals surface area (Å²) in [6.45, 7) is 7.14. The van der Waals surface area contributed by atoms with Crippen molar-refractivity contribution >= 4 is 5.95 Å². The first-order valence-electron chi connectivity index (χ1n) is 13.2. The number of aromatic nitrogens is 2. The Labute approximate surface area is 224 Å². The van der Waals surface area contributed by atoms with Gasteiger partial charge in [0.1, 0.15) is 18.1 Å². The maximum absolute atomic E-state index is 6.40. The predicted octanol–water partition coefficient (Wildman–Crippen LogP) is 5.72. The Morgan fingerprint density at radius 2 is 1.55 bits per heavy atom. The molecule has 1 aliphatic heterocycles. The van der Waals surface area contributed by atoms with Crippen molar-refractivity contribution in [2.75, 3.05) is 19.5 Å². The third-order valence-corrected chi connectivity index (χ3v) is 7.43. The third kappa shape index (κ3) is 5.71. The molecule has 0 bridgehead atoms. The second kappa shape index (κ2) is 11.2. The fraction of sp³-hybridized carbons (Fsp3) is 0.467. The van der Waals surface area contributed by atoms with Gasteiger partial charge in [-0.3, -0.25) is 0 Å². The Bertz CT molecular complexity index is 1220. The maximum Gasteiger partial charge on any atom is 0.226 e. The Kier molecular flexibility index (Phi) is 7.72. The summed E-state index contributed by atoms with van der Waals surface area (Å²) in [5, 5.41) is 3.33. The average Bonchev–Trinajstić information content (AvgIpc) is 3.43. The Hall–Kier alpha value is -3.36. The van der Waals surface area contributed by atoms with Gasteiger partial charge in [-0.1, -0.05) is 37.6 Å². The van der Waals surface area contributed by atoms with Crippen LogP contribution in [0.25, 0.3) is 0 Å². The third-order valence-electron chi connectivity index (χ3n) is 7.43.